The fourth-order valence-corrected chi connectivity index (χ4v) is 2.55. The van der Waals surface area contributed by atoms with Crippen molar-refractivity contribution in [3.63, 3.8) is 0 Å². The highest BCUT2D eigenvalue weighted by Crippen LogP contribution is 2.41. The van der Waals surface area contributed by atoms with Crippen LogP contribution in [0.25, 0.3) is 0 Å². The average molecular weight is 249 g/mol. The number of aliphatic hydroxyl groups excluding tert-OH is 1. The fraction of sp³-hybridized carbons (Fsp3) is 0.600. The predicted octanol–water partition coefficient (Wildman–Crippen LogP) is 2.64. The molecule has 2 nitrogen and oxygen atoms in total. The van der Waals surface area contributed by atoms with Gasteiger partial charge >= 0.3 is 0 Å². The molecule has 2 aliphatic rings. The number of rotatable bonds is 6. The van der Waals surface area contributed by atoms with Gasteiger partial charge in [0.15, 0.2) is 0 Å². The summed E-state index contributed by atoms with van der Waals surface area (Å²) in [6, 6.07) is 7.02. The van der Waals surface area contributed by atoms with Crippen molar-refractivity contribution in [1.82, 2.24) is 5.32 Å². The van der Waals surface area contributed by atoms with E-state index in [9.17, 15) is 9.50 Å². The summed E-state index contributed by atoms with van der Waals surface area (Å²) in [6.45, 7) is 0.656. The van der Waals surface area contributed by atoms with Gasteiger partial charge in [0.1, 0.15) is 5.82 Å². The molecule has 1 aromatic rings. The van der Waals surface area contributed by atoms with Crippen molar-refractivity contribution in [3.05, 3.63) is 35.6 Å². The Morgan fingerprint density at radius 1 is 1.11 bits per heavy atom. The quantitative estimate of drug-likeness (QED) is 0.812. The van der Waals surface area contributed by atoms with E-state index in [4.69, 9.17) is 0 Å². The summed E-state index contributed by atoms with van der Waals surface area (Å²) in [5, 5.41) is 13.4. The molecule has 0 amide bonds. The second-order valence-corrected chi connectivity index (χ2v) is 5.68. The van der Waals surface area contributed by atoms with E-state index in [1.54, 1.807) is 0 Å². The molecular weight excluding hydrogens is 229 g/mol. The number of halogens is 1. The molecule has 0 radical (unpaired) electrons. The van der Waals surface area contributed by atoms with Crippen LogP contribution < -0.4 is 5.32 Å². The molecule has 3 heteroatoms. The largest absolute Gasteiger partial charge is 0.392 e. The van der Waals surface area contributed by atoms with Crippen LogP contribution in [0.4, 0.5) is 4.39 Å². The lowest BCUT2D eigenvalue weighted by molar-refractivity contribution is 0.143. The average Bonchev–Trinajstić information content (AvgIpc) is 3.24. The van der Waals surface area contributed by atoms with Crippen LogP contribution in [0.1, 0.15) is 37.3 Å². The van der Waals surface area contributed by atoms with Crippen LogP contribution in [0, 0.1) is 17.7 Å². The molecule has 2 aliphatic carbocycles. The van der Waals surface area contributed by atoms with Gasteiger partial charge < -0.3 is 10.4 Å². The molecule has 2 atom stereocenters. The molecular formula is C15H20FNO. The Kier molecular flexibility index (Phi) is 3.35. The first-order valence-electron chi connectivity index (χ1n) is 6.91. The van der Waals surface area contributed by atoms with Crippen LogP contribution in [-0.2, 0) is 0 Å². The molecule has 2 fully saturated rings. The van der Waals surface area contributed by atoms with E-state index in [-0.39, 0.29) is 18.0 Å². The van der Waals surface area contributed by atoms with Crippen LogP contribution in [0.15, 0.2) is 24.3 Å². The summed E-state index contributed by atoms with van der Waals surface area (Å²) in [6.07, 6.45) is 4.57. The third kappa shape index (κ3) is 2.90. The van der Waals surface area contributed by atoms with E-state index in [0.717, 1.165) is 18.4 Å². The summed E-state index contributed by atoms with van der Waals surface area (Å²) in [4.78, 5) is 0. The smallest absolute Gasteiger partial charge is 0.123 e. The van der Waals surface area contributed by atoms with Crippen molar-refractivity contribution in [1.29, 1.82) is 0 Å². The summed E-state index contributed by atoms with van der Waals surface area (Å²) in [5.41, 5.74) is 1.14. The van der Waals surface area contributed by atoms with E-state index in [0.29, 0.717) is 18.4 Å². The van der Waals surface area contributed by atoms with Gasteiger partial charge in [0.2, 0.25) is 0 Å². The first kappa shape index (κ1) is 12.1. The maximum atomic E-state index is 12.9. The summed E-state index contributed by atoms with van der Waals surface area (Å²) in [5.74, 6) is 0.971. The zero-order valence-electron chi connectivity index (χ0n) is 10.5. The standard InChI is InChI=1S/C15H20FNO/c16-13-7-5-12(6-8-13)15(11-3-4-11)17-9-14(18)10-1-2-10/h5-8,10-11,14-15,17-18H,1-4,9H2. The number of hydrogen-bond donors (Lipinski definition) is 2. The maximum absolute atomic E-state index is 12.9. The molecule has 2 unspecified atom stereocenters. The minimum absolute atomic E-state index is 0.189. The van der Waals surface area contributed by atoms with Crippen molar-refractivity contribution >= 4 is 0 Å². The van der Waals surface area contributed by atoms with E-state index in [1.165, 1.54) is 25.0 Å². The zero-order chi connectivity index (χ0) is 12.5. The fourth-order valence-electron chi connectivity index (χ4n) is 2.55. The van der Waals surface area contributed by atoms with E-state index < -0.39 is 0 Å². The van der Waals surface area contributed by atoms with E-state index in [2.05, 4.69) is 5.32 Å². The normalized spacial score (nSPS) is 22.8. The highest BCUT2D eigenvalue weighted by molar-refractivity contribution is 5.22. The molecule has 0 saturated heterocycles. The highest BCUT2D eigenvalue weighted by atomic mass is 19.1. The second kappa shape index (κ2) is 4.98. The number of nitrogens with one attached hydrogen (secondary N) is 1. The molecule has 1 aromatic carbocycles. The second-order valence-electron chi connectivity index (χ2n) is 5.68. The SMILES string of the molecule is OC(CNC(c1ccc(F)cc1)C1CC1)C1CC1. The highest BCUT2D eigenvalue weighted by Gasteiger charge is 2.34. The minimum Gasteiger partial charge on any atom is -0.392 e. The predicted molar refractivity (Wildman–Crippen MR) is 68.6 cm³/mol. The van der Waals surface area contributed by atoms with Gasteiger partial charge in [0.05, 0.1) is 6.10 Å². The molecule has 0 heterocycles. The molecule has 0 aliphatic heterocycles. The van der Waals surface area contributed by atoms with Gasteiger partial charge in [0, 0.05) is 12.6 Å². The van der Waals surface area contributed by atoms with Crippen molar-refractivity contribution < 1.29 is 9.50 Å². The van der Waals surface area contributed by atoms with Gasteiger partial charge in [-0.2, -0.15) is 0 Å². The minimum atomic E-state index is -0.216. The molecule has 0 spiro atoms. The van der Waals surface area contributed by atoms with E-state index >= 15 is 0 Å². The zero-order valence-corrected chi connectivity index (χ0v) is 10.5. The van der Waals surface area contributed by atoms with E-state index in [1.807, 2.05) is 12.1 Å². The van der Waals surface area contributed by atoms with Gasteiger partial charge in [-0.1, -0.05) is 12.1 Å². The Labute approximate surface area is 107 Å². The monoisotopic (exact) mass is 249 g/mol. The Balaban J connectivity index is 1.62. The Morgan fingerprint density at radius 2 is 1.72 bits per heavy atom. The molecule has 0 aromatic heterocycles. The topological polar surface area (TPSA) is 32.3 Å². The van der Waals surface area contributed by atoms with Crippen LogP contribution in [0.2, 0.25) is 0 Å². The van der Waals surface area contributed by atoms with Crippen molar-refractivity contribution in [2.75, 3.05) is 6.54 Å². The van der Waals surface area contributed by atoms with Crippen LogP contribution in [0.3, 0.4) is 0 Å². The molecule has 2 saturated carbocycles. The summed E-state index contributed by atoms with van der Waals surface area (Å²) >= 11 is 0. The van der Waals surface area contributed by atoms with Gasteiger partial charge in [-0.3, -0.25) is 0 Å². The van der Waals surface area contributed by atoms with Gasteiger partial charge in [-0.15, -0.1) is 0 Å². The first-order valence-corrected chi connectivity index (χ1v) is 6.91. The number of aliphatic hydroxyl groups is 1. The van der Waals surface area contributed by atoms with Crippen LogP contribution in [-0.4, -0.2) is 17.8 Å². The molecule has 0 bridgehead atoms. The lowest BCUT2D eigenvalue weighted by Gasteiger charge is -2.21. The third-order valence-electron chi connectivity index (χ3n) is 4.04. The van der Waals surface area contributed by atoms with Gasteiger partial charge in [-0.25, -0.2) is 4.39 Å². The third-order valence-corrected chi connectivity index (χ3v) is 4.04. The first-order chi connectivity index (χ1) is 8.74. The molecule has 2 N–H and O–H groups in total. The lowest BCUT2D eigenvalue weighted by Crippen LogP contribution is -2.32. The molecule has 98 valence electrons. The summed E-state index contributed by atoms with van der Waals surface area (Å²) in [7, 11) is 0. The number of hydrogen-bond acceptors (Lipinski definition) is 2. The number of benzene rings is 1. The summed E-state index contributed by atoms with van der Waals surface area (Å²) < 4.78 is 12.9. The van der Waals surface area contributed by atoms with Crippen LogP contribution in [0.5, 0.6) is 0 Å². The van der Waals surface area contributed by atoms with Gasteiger partial charge in [0.25, 0.3) is 0 Å². The Bertz CT molecular complexity index is 397. The van der Waals surface area contributed by atoms with Crippen LogP contribution >= 0.6 is 0 Å². The molecule has 3 rings (SSSR count). The van der Waals surface area contributed by atoms with Crippen molar-refractivity contribution in [2.45, 2.75) is 37.8 Å². The van der Waals surface area contributed by atoms with Crippen molar-refractivity contribution in [3.8, 4) is 0 Å². The lowest BCUT2D eigenvalue weighted by atomic mass is 10.0. The molecule has 18 heavy (non-hydrogen) atoms. The Hall–Kier alpha value is -0.930. The Morgan fingerprint density at radius 3 is 2.28 bits per heavy atom. The maximum Gasteiger partial charge on any atom is 0.123 e. The van der Waals surface area contributed by atoms with Crippen molar-refractivity contribution in [2.24, 2.45) is 11.8 Å². The van der Waals surface area contributed by atoms with Gasteiger partial charge in [-0.05, 0) is 55.2 Å².